The van der Waals surface area contributed by atoms with E-state index in [9.17, 15) is 4.79 Å². The summed E-state index contributed by atoms with van der Waals surface area (Å²) in [6.07, 6.45) is 3.54. The lowest BCUT2D eigenvalue weighted by atomic mass is 10.1. The molecule has 0 amide bonds. The molecular weight excluding hydrogens is 144 g/mol. The molecule has 0 bridgehead atoms. The Morgan fingerprint density at radius 1 is 1.73 bits per heavy atom. The van der Waals surface area contributed by atoms with E-state index in [2.05, 4.69) is 0 Å². The molecule has 1 fully saturated rings. The SMILES string of the molecule is O=CC1=C[C@H]2CC(O)O[C@@H]2C1. The molecule has 60 valence electrons. The van der Waals surface area contributed by atoms with Gasteiger partial charge in [-0.3, -0.25) is 4.79 Å². The van der Waals surface area contributed by atoms with Crippen molar-refractivity contribution in [2.75, 3.05) is 0 Å². The van der Waals surface area contributed by atoms with Gasteiger partial charge in [-0.2, -0.15) is 0 Å². The topological polar surface area (TPSA) is 46.5 Å². The van der Waals surface area contributed by atoms with Gasteiger partial charge in [0.1, 0.15) is 6.29 Å². The van der Waals surface area contributed by atoms with E-state index in [1.165, 1.54) is 0 Å². The minimum Gasteiger partial charge on any atom is -0.368 e. The number of hydrogen-bond donors (Lipinski definition) is 1. The standard InChI is InChI=1S/C8H10O3/c9-4-5-1-6-3-8(10)11-7(6)2-5/h1,4,6-8,10H,2-3H2/t6-,7+,8?/m0/s1. The lowest BCUT2D eigenvalue weighted by molar-refractivity contribution is -0.106. The highest BCUT2D eigenvalue weighted by molar-refractivity contribution is 5.74. The van der Waals surface area contributed by atoms with Crippen molar-refractivity contribution >= 4 is 6.29 Å². The summed E-state index contributed by atoms with van der Waals surface area (Å²) in [5, 5.41) is 9.05. The highest BCUT2D eigenvalue weighted by atomic mass is 16.6. The first kappa shape index (κ1) is 7.00. The number of aliphatic hydroxyl groups is 1. The summed E-state index contributed by atoms with van der Waals surface area (Å²) >= 11 is 0. The van der Waals surface area contributed by atoms with Crippen LogP contribution >= 0.6 is 0 Å². The summed E-state index contributed by atoms with van der Waals surface area (Å²) in [5.41, 5.74) is 0.812. The van der Waals surface area contributed by atoms with Crippen LogP contribution < -0.4 is 0 Å². The molecule has 1 aliphatic heterocycles. The van der Waals surface area contributed by atoms with Crippen molar-refractivity contribution in [3.05, 3.63) is 11.6 Å². The molecule has 1 unspecified atom stereocenters. The number of aliphatic hydroxyl groups excluding tert-OH is 1. The van der Waals surface area contributed by atoms with E-state index in [0.717, 1.165) is 11.9 Å². The van der Waals surface area contributed by atoms with Crippen molar-refractivity contribution in [2.45, 2.75) is 25.2 Å². The van der Waals surface area contributed by atoms with Gasteiger partial charge in [0.2, 0.25) is 0 Å². The third kappa shape index (κ3) is 1.10. The van der Waals surface area contributed by atoms with Crippen LogP contribution in [-0.4, -0.2) is 23.8 Å². The van der Waals surface area contributed by atoms with Crippen LogP contribution in [0, 0.1) is 5.92 Å². The number of ether oxygens (including phenoxy) is 1. The van der Waals surface area contributed by atoms with Crippen LogP contribution in [-0.2, 0) is 9.53 Å². The average molecular weight is 154 g/mol. The second-order valence-electron chi connectivity index (χ2n) is 3.09. The molecule has 0 spiro atoms. The van der Waals surface area contributed by atoms with Crippen LogP contribution in [0.4, 0.5) is 0 Å². The summed E-state index contributed by atoms with van der Waals surface area (Å²) in [5.74, 6) is 0.269. The minimum atomic E-state index is -0.616. The van der Waals surface area contributed by atoms with E-state index >= 15 is 0 Å². The van der Waals surface area contributed by atoms with Gasteiger partial charge in [-0.05, 0) is 5.57 Å². The highest BCUT2D eigenvalue weighted by Crippen LogP contribution is 2.36. The predicted octanol–water partition coefficient (Wildman–Crippen LogP) is 0.239. The zero-order valence-corrected chi connectivity index (χ0v) is 6.06. The maximum Gasteiger partial charge on any atom is 0.155 e. The summed E-state index contributed by atoms with van der Waals surface area (Å²) in [6.45, 7) is 0. The molecular formula is C8H10O3. The van der Waals surface area contributed by atoms with E-state index in [-0.39, 0.29) is 12.0 Å². The zero-order valence-electron chi connectivity index (χ0n) is 6.06. The maximum absolute atomic E-state index is 10.3. The fourth-order valence-corrected chi connectivity index (χ4v) is 1.78. The second-order valence-corrected chi connectivity index (χ2v) is 3.09. The fourth-order valence-electron chi connectivity index (χ4n) is 1.78. The Morgan fingerprint density at radius 2 is 2.55 bits per heavy atom. The van der Waals surface area contributed by atoms with E-state index in [1.807, 2.05) is 6.08 Å². The lowest BCUT2D eigenvalue weighted by Crippen LogP contribution is -2.10. The van der Waals surface area contributed by atoms with Crippen molar-refractivity contribution in [1.29, 1.82) is 0 Å². The molecule has 1 aliphatic carbocycles. The molecule has 1 saturated heterocycles. The van der Waals surface area contributed by atoms with Gasteiger partial charge < -0.3 is 9.84 Å². The lowest BCUT2D eigenvalue weighted by Gasteiger charge is -2.06. The summed E-state index contributed by atoms with van der Waals surface area (Å²) in [6, 6.07) is 0. The largest absolute Gasteiger partial charge is 0.368 e. The van der Waals surface area contributed by atoms with E-state index in [4.69, 9.17) is 9.84 Å². The molecule has 2 aliphatic rings. The van der Waals surface area contributed by atoms with Gasteiger partial charge in [0.25, 0.3) is 0 Å². The van der Waals surface area contributed by atoms with Gasteiger partial charge in [0.15, 0.2) is 6.29 Å². The van der Waals surface area contributed by atoms with E-state index in [1.54, 1.807) is 0 Å². The smallest absolute Gasteiger partial charge is 0.155 e. The molecule has 1 N–H and O–H groups in total. The number of rotatable bonds is 1. The Morgan fingerprint density at radius 3 is 3.18 bits per heavy atom. The first-order valence-corrected chi connectivity index (χ1v) is 3.79. The van der Waals surface area contributed by atoms with Gasteiger partial charge in [-0.1, -0.05) is 6.08 Å². The molecule has 2 rings (SSSR count). The number of carbonyl (C=O) groups is 1. The molecule has 0 aromatic rings. The third-order valence-electron chi connectivity index (χ3n) is 2.30. The van der Waals surface area contributed by atoms with Crippen LogP contribution in [0.3, 0.4) is 0 Å². The first-order chi connectivity index (χ1) is 5.29. The van der Waals surface area contributed by atoms with Crippen LogP contribution in [0.1, 0.15) is 12.8 Å². The van der Waals surface area contributed by atoms with Crippen molar-refractivity contribution in [1.82, 2.24) is 0 Å². The molecule has 0 saturated carbocycles. The molecule has 11 heavy (non-hydrogen) atoms. The normalized spacial score (nSPS) is 41.9. The number of fused-ring (bicyclic) bond motifs is 1. The molecule has 3 nitrogen and oxygen atoms in total. The Hall–Kier alpha value is -0.670. The van der Waals surface area contributed by atoms with Crippen LogP contribution in [0.25, 0.3) is 0 Å². The van der Waals surface area contributed by atoms with Crippen molar-refractivity contribution in [3.63, 3.8) is 0 Å². The summed E-state index contributed by atoms with van der Waals surface area (Å²) < 4.78 is 5.16. The first-order valence-electron chi connectivity index (χ1n) is 3.79. The molecule has 3 heteroatoms. The minimum absolute atomic E-state index is 0.0604. The van der Waals surface area contributed by atoms with Gasteiger partial charge in [0, 0.05) is 18.8 Å². The Balaban J connectivity index is 2.09. The quantitative estimate of drug-likeness (QED) is 0.550. The average Bonchev–Trinajstić information content (AvgIpc) is 2.43. The van der Waals surface area contributed by atoms with Crippen molar-refractivity contribution < 1.29 is 14.6 Å². The zero-order chi connectivity index (χ0) is 7.84. The summed E-state index contributed by atoms with van der Waals surface area (Å²) in [7, 11) is 0. The number of carbonyl (C=O) groups excluding carboxylic acids is 1. The monoisotopic (exact) mass is 154 g/mol. The number of hydrogen-bond acceptors (Lipinski definition) is 3. The molecule has 3 atom stereocenters. The Labute approximate surface area is 64.7 Å². The summed E-state index contributed by atoms with van der Waals surface area (Å²) in [4.78, 5) is 10.3. The Kier molecular flexibility index (Phi) is 1.55. The Bertz CT molecular complexity index is 209. The molecule has 0 aromatic heterocycles. The highest BCUT2D eigenvalue weighted by Gasteiger charge is 2.37. The van der Waals surface area contributed by atoms with Crippen molar-refractivity contribution in [2.24, 2.45) is 5.92 Å². The van der Waals surface area contributed by atoms with Crippen LogP contribution in [0.2, 0.25) is 0 Å². The van der Waals surface area contributed by atoms with Crippen LogP contribution in [0.15, 0.2) is 11.6 Å². The maximum atomic E-state index is 10.3. The number of aldehydes is 1. The van der Waals surface area contributed by atoms with Gasteiger partial charge >= 0.3 is 0 Å². The van der Waals surface area contributed by atoms with Gasteiger partial charge in [-0.25, -0.2) is 0 Å². The molecule has 1 heterocycles. The van der Waals surface area contributed by atoms with Gasteiger partial charge in [-0.15, -0.1) is 0 Å². The van der Waals surface area contributed by atoms with Crippen LogP contribution in [0.5, 0.6) is 0 Å². The second kappa shape index (κ2) is 2.43. The van der Waals surface area contributed by atoms with E-state index < -0.39 is 6.29 Å². The predicted molar refractivity (Wildman–Crippen MR) is 37.8 cm³/mol. The van der Waals surface area contributed by atoms with Crippen molar-refractivity contribution in [3.8, 4) is 0 Å². The third-order valence-corrected chi connectivity index (χ3v) is 2.30. The molecule has 0 aromatic carbocycles. The van der Waals surface area contributed by atoms with E-state index in [0.29, 0.717) is 12.8 Å². The fraction of sp³-hybridized carbons (Fsp3) is 0.625. The van der Waals surface area contributed by atoms with Gasteiger partial charge in [0.05, 0.1) is 6.10 Å². The molecule has 0 radical (unpaired) electrons.